The molecule has 0 aliphatic heterocycles. The normalized spacial score (nSPS) is 13.3. The molecule has 0 bridgehead atoms. The van der Waals surface area contributed by atoms with Gasteiger partial charge in [-0.05, 0) is 25.2 Å². The van der Waals surface area contributed by atoms with Gasteiger partial charge in [0.2, 0.25) is 0 Å². The molecule has 1 atom stereocenters. The number of nitrogens with one attached hydrogen (secondary N) is 2. The third-order valence-corrected chi connectivity index (χ3v) is 4.35. The van der Waals surface area contributed by atoms with E-state index in [1.165, 1.54) is 6.42 Å². The molecule has 1 unspecified atom stereocenters. The topological polar surface area (TPSA) is 52.6 Å². The van der Waals surface area contributed by atoms with E-state index in [0.29, 0.717) is 18.0 Å². The lowest BCUT2D eigenvalue weighted by Crippen LogP contribution is -2.42. The summed E-state index contributed by atoms with van der Waals surface area (Å²) >= 11 is 1.66. The Balaban J connectivity index is 0.00000484. The largest absolute Gasteiger partial charge is 0.354 e. The summed E-state index contributed by atoms with van der Waals surface area (Å²) in [6, 6.07) is 0.401. The number of aromatic nitrogens is 1. The molecule has 5 nitrogen and oxygen atoms in total. The van der Waals surface area contributed by atoms with Crippen LogP contribution in [0.15, 0.2) is 10.4 Å². The van der Waals surface area contributed by atoms with Gasteiger partial charge in [0.25, 0.3) is 0 Å². The minimum Gasteiger partial charge on any atom is -0.354 e. The van der Waals surface area contributed by atoms with E-state index in [4.69, 9.17) is 0 Å². The molecule has 23 heavy (non-hydrogen) atoms. The smallest absolute Gasteiger partial charge is 0.191 e. The van der Waals surface area contributed by atoms with Gasteiger partial charge in [0.1, 0.15) is 0 Å². The molecule has 134 valence electrons. The van der Waals surface area contributed by atoms with Gasteiger partial charge in [-0.1, -0.05) is 20.8 Å². The lowest BCUT2D eigenvalue weighted by Gasteiger charge is -2.23. The van der Waals surface area contributed by atoms with Crippen molar-refractivity contribution in [2.24, 2.45) is 10.4 Å². The summed E-state index contributed by atoms with van der Waals surface area (Å²) in [4.78, 5) is 10.9. The van der Waals surface area contributed by atoms with E-state index in [-0.39, 0.29) is 24.0 Å². The summed E-state index contributed by atoms with van der Waals surface area (Å²) < 4.78 is 0. The number of aliphatic imine (C=N–C) groups is 1. The molecule has 0 saturated heterocycles. The summed E-state index contributed by atoms with van der Waals surface area (Å²) in [5.41, 5.74) is 1.41. The molecule has 1 rings (SSSR count). The van der Waals surface area contributed by atoms with E-state index < -0.39 is 0 Å². The molecule has 1 aromatic heterocycles. The van der Waals surface area contributed by atoms with Gasteiger partial charge in [0.15, 0.2) is 11.1 Å². The van der Waals surface area contributed by atoms with Gasteiger partial charge in [-0.15, -0.1) is 35.3 Å². The molecule has 0 aliphatic carbocycles. The van der Waals surface area contributed by atoms with Crippen LogP contribution in [-0.2, 0) is 6.54 Å². The van der Waals surface area contributed by atoms with Crippen LogP contribution in [0, 0.1) is 5.41 Å². The first kappa shape index (κ1) is 22.4. The summed E-state index contributed by atoms with van der Waals surface area (Å²) in [6.07, 6.45) is 2.32. The number of rotatable bonds is 6. The van der Waals surface area contributed by atoms with Gasteiger partial charge in [0.05, 0.1) is 12.2 Å². The fourth-order valence-corrected chi connectivity index (χ4v) is 2.67. The zero-order valence-electron chi connectivity index (χ0n) is 15.4. The van der Waals surface area contributed by atoms with E-state index >= 15 is 0 Å². The van der Waals surface area contributed by atoms with Crippen LogP contribution in [0.1, 0.15) is 46.2 Å². The number of anilines is 1. The van der Waals surface area contributed by atoms with Crippen molar-refractivity contribution in [2.45, 2.75) is 53.1 Å². The van der Waals surface area contributed by atoms with Crippen LogP contribution in [-0.4, -0.2) is 38.1 Å². The standard InChI is InChI=1S/C16H31N5S.HI/c1-12(8-9-16(2,3)4)19-14(17-5)18-10-13-11-22-15(20-13)21(6)7;/h11-12H,8-10H2,1-7H3,(H2,17,18,19);1H. The van der Waals surface area contributed by atoms with Gasteiger partial charge in [-0.25, -0.2) is 4.98 Å². The highest BCUT2D eigenvalue weighted by molar-refractivity contribution is 14.0. The fourth-order valence-electron chi connectivity index (χ4n) is 1.91. The molecule has 1 heterocycles. The van der Waals surface area contributed by atoms with Gasteiger partial charge in [0, 0.05) is 32.6 Å². The minimum absolute atomic E-state index is 0. The van der Waals surface area contributed by atoms with Crippen LogP contribution in [0.3, 0.4) is 0 Å². The Bertz CT molecular complexity index is 479. The van der Waals surface area contributed by atoms with Crippen LogP contribution >= 0.6 is 35.3 Å². The molecule has 0 aromatic carbocycles. The molecule has 0 amide bonds. The number of thiazole rings is 1. The lowest BCUT2D eigenvalue weighted by atomic mass is 9.89. The van der Waals surface area contributed by atoms with E-state index in [1.54, 1.807) is 18.4 Å². The third-order valence-electron chi connectivity index (χ3n) is 3.29. The Morgan fingerprint density at radius 3 is 2.52 bits per heavy atom. The van der Waals surface area contributed by atoms with Crippen molar-refractivity contribution in [3.63, 3.8) is 0 Å². The lowest BCUT2D eigenvalue weighted by molar-refractivity contribution is 0.346. The SMILES string of the molecule is CN=C(NCc1csc(N(C)C)n1)NC(C)CCC(C)(C)C.I. The van der Waals surface area contributed by atoms with Gasteiger partial charge >= 0.3 is 0 Å². The molecule has 1 aromatic rings. The predicted octanol–water partition coefficient (Wildman–Crippen LogP) is 3.71. The van der Waals surface area contributed by atoms with Gasteiger partial charge in [-0.2, -0.15) is 0 Å². The molecule has 0 spiro atoms. The van der Waals surface area contributed by atoms with E-state index in [0.717, 1.165) is 23.2 Å². The fraction of sp³-hybridized carbons (Fsp3) is 0.750. The number of guanidine groups is 1. The Hall–Kier alpha value is -0.570. The van der Waals surface area contributed by atoms with Crippen molar-refractivity contribution in [1.29, 1.82) is 0 Å². The maximum absolute atomic E-state index is 4.56. The first-order valence-corrected chi connectivity index (χ1v) is 8.68. The summed E-state index contributed by atoms with van der Waals surface area (Å²) in [6.45, 7) is 9.72. The van der Waals surface area contributed by atoms with Crippen molar-refractivity contribution in [2.75, 3.05) is 26.0 Å². The molecular formula is C16H32IN5S. The summed E-state index contributed by atoms with van der Waals surface area (Å²) in [5, 5.41) is 9.88. The molecular weight excluding hydrogens is 421 g/mol. The molecule has 0 radical (unpaired) electrons. The maximum Gasteiger partial charge on any atom is 0.191 e. The number of hydrogen-bond donors (Lipinski definition) is 2. The second kappa shape index (κ2) is 10.3. The molecule has 7 heteroatoms. The molecule has 0 aliphatic rings. The Morgan fingerprint density at radius 1 is 1.39 bits per heavy atom. The second-order valence-corrected chi connectivity index (χ2v) is 7.92. The highest BCUT2D eigenvalue weighted by atomic mass is 127. The van der Waals surface area contributed by atoms with Crippen molar-refractivity contribution in [3.05, 3.63) is 11.1 Å². The zero-order chi connectivity index (χ0) is 16.8. The average Bonchev–Trinajstić information content (AvgIpc) is 2.89. The van der Waals surface area contributed by atoms with Crippen molar-refractivity contribution in [3.8, 4) is 0 Å². The van der Waals surface area contributed by atoms with Gasteiger partial charge in [-0.3, -0.25) is 4.99 Å². The average molecular weight is 453 g/mol. The predicted molar refractivity (Wildman–Crippen MR) is 113 cm³/mol. The summed E-state index contributed by atoms with van der Waals surface area (Å²) in [5.74, 6) is 0.834. The highest BCUT2D eigenvalue weighted by Gasteiger charge is 2.13. The van der Waals surface area contributed by atoms with Crippen LogP contribution in [0.2, 0.25) is 0 Å². The molecule has 0 saturated carbocycles. The van der Waals surface area contributed by atoms with Crippen LogP contribution in [0.4, 0.5) is 5.13 Å². The second-order valence-electron chi connectivity index (χ2n) is 7.09. The number of halogens is 1. The first-order chi connectivity index (χ1) is 10.2. The molecule has 0 fully saturated rings. The monoisotopic (exact) mass is 453 g/mol. The van der Waals surface area contributed by atoms with Crippen molar-refractivity contribution >= 4 is 46.4 Å². The van der Waals surface area contributed by atoms with Crippen molar-refractivity contribution < 1.29 is 0 Å². The number of hydrogen-bond acceptors (Lipinski definition) is 4. The van der Waals surface area contributed by atoms with Crippen LogP contribution in [0.25, 0.3) is 0 Å². The van der Waals surface area contributed by atoms with Gasteiger partial charge < -0.3 is 15.5 Å². The maximum atomic E-state index is 4.56. The third kappa shape index (κ3) is 9.34. The molecule has 2 N–H and O–H groups in total. The van der Waals surface area contributed by atoms with Crippen LogP contribution in [0.5, 0.6) is 0 Å². The Labute approximate surface area is 162 Å². The van der Waals surface area contributed by atoms with Crippen LogP contribution < -0.4 is 15.5 Å². The number of nitrogens with zero attached hydrogens (tertiary/aromatic N) is 3. The van der Waals surface area contributed by atoms with E-state index in [9.17, 15) is 0 Å². The first-order valence-electron chi connectivity index (χ1n) is 7.80. The summed E-state index contributed by atoms with van der Waals surface area (Å²) in [7, 11) is 5.82. The Kier molecular flexibility index (Phi) is 10.1. The van der Waals surface area contributed by atoms with Crippen molar-refractivity contribution in [1.82, 2.24) is 15.6 Å². The highest BCUT2D eigenvalue weighted by Crippen LogP contribution is 2.21. The van der Waals surface area contributed by atoms with E-state index in [2.05, 4.69) is 53.7 Å². The Morgan fingerprint density at radius 2 is 2.04 bits per heavy atom. The van der Waals surface area contributed by atoms with E-state index in [1.807, 2.05) is 19.0 Å². The minimum atomic E-state index is 0. The quantitative estimate of drug-likeness (QED) is 0.392. The zero-order valence-corrected chi connectivity index (χ0v) is 18.6.